The van der Waals surface area contributed by atoms with Crippen molar-refractivity contribution in [3.8, 4) is 5.75 Å². The third-order valence-corrected chi connectivity index (χ3v) is 5.14. The van der Waals surface area contributed by atoms with Crippen LogP contribution in [0, 0.1) is 0 Å². The fraction of sp³-hybridized carbons (Fsp3) is 0.167. The number of halogens is 3. The van der Waals surface area contributed by atoms with Gasteiger partial charge in [-0.3, -0.25) is 4.68 Å². The summed E-state index contributed by atoms with van der Waals surface area (Å²) in [6.07, 6.45) is -1.38. The summed E-state index contributed by atoms with van der Waals surface area (Å²) in [4.78, 5) is -0.315. The Bertz CT molecular complexity index is 1020. The van der Waals surface area contributed by atoms with E-state index in [4.69, 9.17) is 0 Å². The van der Waals surface area contributed by atoms with E-state index in [9.17, 15) is 21.6 Å². The number of nitrogens with zero attached hydrogens (tertiary/aromatic N) is 2. The molecule has 0 atom stereocenters. The molecule has 0 saturated heterocycles. The zero-order chi connectivity index (χ0) is 20.2. The second kappa shape index (κ2) is 8.03. The zero-order valence-electron chi connectivity index (χ0n) is 14.4. The van der Waals surface area contributed by atoms with Crippen molar-refractivity contribution in [2.75, 3.05) is 0 Å². The lowest BCUT2D eigenvalue weighted by atomic mass is 10.1. The Kier molecular flexibility index (Phi) is 5.71. The summed E-state index contributed by atoms with van der Waals surface area (Å²) in [6.45, 7) is 0.583. The lowest BCUT2D eigenvalue weighted by Gasteiger charge is -2.11. The standard InChI is InChI=1S/C18H16F3N3O3S/c19-18(20,21)27-16-3-1-4-17(11-16)28(25,26)23-12-14-5-7-15(8-6-14)13-24-10-2-9-22-24/h1-11,23H,12-13H2. The molecule has 0 aliphatic rings. The minimum atomic E-state index is -4.90. The molecule has 0 radical (unpaired) electrons. The zero-order valence-corrected chi connectivity index (χ0v) is 15.2. The maximum absolute atomic E-state index is 12.3. The molecule has 10 heteroatoms. The van der Waals surface area contributed by atoms with Crippen LogP contribution in [0.4, 0.5) is 13.2 Å². The fourth-order valence-electron chi connectivity index (χ4n) is 2.44. The van der Waals surface area contributed by atoms with Gasteiger partial charge in [0, 0.05) is 25.0 Å². The van der Waals surface area contributed by atoms with Crippen LogP contribution in [-0.4, -0.2) is 24.6 Å². The molecule has 3 rings (SSSR count). The topological polar surface area (TPSA) is 73.2 Å². The quantitative estimate of drug-likeness (QED) is 0.648. The molecule has 0 bridgehead atoms. The number of alkyl halides is 3. The van der Waals surface area contributed by atoms with Gasteiger partial charge in [0.25, 0.3) is 0 Å². The largest absolute Gasteiger partial charge is 0.573 e. The third-order valence-electron chi connectivity index (χ3n) is 3.74. The first kappa shape index (κ1) is 19.9. The van der Waals surface area contributed by atoms with Crippen molar-refractivity contribution in [2.24, 2.45) is 0 Å². The number of rotatable bonds is 7. The van der Waals surface area contributed by atoms with Crippen molar-refractivity contribution < 1.29 is 26.3 Å². The van der Waals surface area contributed by atoms with Crippen LogP contribution in [-0.2, 0) is 23.1 Å². The van der Waals surface area contributed by atoms with E-state index in [0.717, 1.165) is 17.7 Å². The van der Waals surface area contributed by atoms with E-state index >= 15 is 0 Å². The van der Waals surface area contributed by atoms with Gasteiger partial charge in [0.05, 0.1) is 11.4 Å². The highest BCUT2D eigenvalue weighted by molar-refractivity contribution is 7.89. The second-order valence-corrected chi connectivity index (χ2v) is 7.63. The molecule has 2 aromatic carbocycles. The molecule has 148 valence electrons. The molecule has 0 aliphatic carbocycles. The minimum Gasteiger partial charge on any atom is -0.406 e. The van der Waals surface area contributed by atoms with Crippen molar-refractivity contribution in [3.63, 3.8) is 0 Å². The maximum Gasteiger partial charge on any atom is 0.573 e. The van der Waals surface area contributed by atoms with Crippen LogP contribution in [0.25, 0.3) is 0 Å². The van der Waals surface area contributed by atoms with Gasteiger partial charge in [0.1, 0.15) is 5.75 Å². The molecule has 0 aliphatic heterocycles. The third kappa shape index (κ3) is 5.57. The first-order valence-electron chi connectivity index (χ1n) is 8.12. The molecule has 0 spiro atoms. The van der Waals surface area contributed by atoms with Crippen molar-refractivity contribution in [2.45, 2.75) is 24.3 Å². The molecule has 0 unspecified atom stereocenters. The van der Waals surface area contributed by atoms with Crippen molar-refractivity contribution in [1.82, 2.24) is 14.5 Å². The van der Waals surface area contributed by atoms with Crippen molar-refractivity contribution >= 4 is 10.0 Å². The van der Waals surface area contributed by atoms with Crippen LogP contribution >= 0.6 is 0 Å². The lowest BCUT2D eigenvalue weighted by molar-refractivity contribution is -0.274. The second-order valence-electron chi connectivity index (χ2n) is 5.87. The van der Waals surface area contributed by atoms with Crippen LogP contribution in [0.2, 0.25) is 0 Å². The van der Waals surface area contributed by atoms with Crippen LogP contribution < -0.4 is 9.46 Å². The Balaban J connectivity index is 1.64. The Morgan fingerprint density at radius 3 is 2.39 bits per heavy atom. The van der Waals surface area contributed by atoms with Gasteiger partial charge in [-0.15, -0.1) is 13.2 Å². The molecule has 28 heavy (non-hydrogen) atoms. The van der Waals surface area contributed by atoms with Gasteiger partial charge in [-0.05, 0) is 29.3 Å². The number of ether oxygens (including phenoxy) is 1. The summed E-state index contributed by atoms with van der Waals surface area (Å²) >= 11 is 0. The van der Waals surface area contributed by atoms with E-state index in [1.54, 1.807) is 23.0 Å². The number of aromatic nitrogens is 2. The summed E-state index contributed by atoms with van der Waals surface area (Å²) in [7, 11) is -4.00. The van der Waals surface area contributed by atoms with Crippen LogP contribution in [0.3, 0.4) is 0 Å². The van der Waals surface area contributed by atoms with Gasteiger partial charge >= 0.3 is 6.36 Å². The molecule has 0 amide bonds. The molecular weight excluding hydrogens is 395 g/mol. The van der Waals surface area contributed by atoms with Crippen molar-refractivity contribution in [3.05, 3.63) is 78.1 Å². The molecule has 6 nitrogen and oxygen atoms in total. The normalized spacial score (nSPS) is 12.1. The number of benzene rings is 2. The van der Waals surface area contributed by atoms with E-state index in [0.29, 0.717) is 12.1 Å². The highest BCUT2D eigenvalue weighted by Crippen LogP contribution is 2.25. The van der Waals surface area contributed by atoms with Crippen LogP contribution in [0.5, 0.6) is 5.75 Å². The predicted molar refractivity (Wildman–Crippen MR) is 94.9 cm³/mol. The molecule has 1 N–H and O–H groups in total. The van der Waals surface area contributed by atoms with E-state index in [2.05, 4.69) is 14.6 Å². The summed E-state index contributed by atoms with van der Waals surface area (Å²) in [5.41, 5.74) is 1.70. The van der Waals surface area contributed by atoms with Gasteiger partial charge < -0.3 is 4.74 Å². The van der Waals surface area contributed by atoms with Gasteiger partial charge in [0.15, 0.2) is 0 Å². The highest BCUT2D eigenvalue weighted by Gasteiger charge is 2.31. The minimum absolute atomic E-state index is 0.00522. The van der Waals surface area contributed by atoms with Gasteiger partial charge in [-0.25, -0.2) is 13.1 Å². The monoisotopic (exact) mass is 411 g/mol. The average Bonchev–Trinajstić information content (AvgIpc) is 3.13. The predicted octanol–water partition coefficient (Wildman–Crippen LogP) is 3.31. The highest BCUT2D eigenvalue weighted by atomic mass is 32.2. The van der Waals surface area contributed by atoms with E-state index in [-0.39, 0.29) is 11.4 Å². The fourth-order valence-corrected chi connectivity index (χ4v) is 3.50. The summed E-state index contributed by atoms with van der Waals surface area (Å²) in [5.74, 6) is -0.599. The van der Waals surface area contributed by atoms with E-state index in [1.165, 1.54) is 12.1 Å². The lowest BCUT2D eigenvalue weighted by Crippen LogP contribution is -2.23. The van der Waals surface area contributed by atoms with Gasteiger partial charge in [0.2, 0.25) is 10.0 Å². The Hall–Kier alpha value is -2.85. The first-order chi connectivity index (χ1) is 13.2. The number of hydrogen-bond donors (Lipinski definition) is 1. The van der Waals surface area contributed by atoms with Gasteiger partial charge in [-0.2, -0.15) is 5.10 Å². The number of hydrogen-bond acceptors (Lipinski definition) is 4. The molecular formula is C18H16F3N3O3S. The first-order valence-corrected chi connectivity index (χ1v) is 9.60. The van der Waals surface area contributed by atoms with Crippen LogP contribution in [0.15, 0.2) is 71.9 Å². The van der Waals surface area contributed by atoms with Crippen molar-refractivity contribution in [1.29, 1.82) is 0 Å². The summed E-state index contributed by atoms with van der Waals surface area (Å²) < 4.78 is 69.5. The molecule has 0 fully saturated rings. The maximum atomic E-state index is 12.3. The molecule has 3 aromatic rings. The molecule has 1 aromatic heterocycles. The van der Waals surface area contributed by atoms with E-state index in [1.807, 2.05) is 24.4 Å². The molecule has 0 saturated carbocycles. The number of sulfonamides is 1. The van der Waals surface area contributed by atoms with E-state index < -0.39 is 22.1 Å². The Morgan fingerprint density at radius 2 is 1.75 bits per heavy atom. The smallest absolute Gasteiger partial charge is 0.406 e. The summed E-state index contributed by atoms with van der Waals surface area (Å²) in [6, 6.07) is 13.3. The Morgan fingerprint density at radius 1 is 1.04 bits per heavy atom. The Labute approximate surface area is 159 Å². The molecule has 1 heterocycles. The van der Waals surface area contributed by atoms with Crippen LogP contribution in [0.1, 0.15) is 11.1 Å². The average molecular weight is 411 g/mol. The van der Waals surface area contributed by atoms with Gasteiger partial charge in [-0.1, -0.05) is 30.3 Å². The summed E-state index contributed by atoms with van der Waals surface area (Å²) in [5, 5.41) is 4.11. The number of nitrogens with one attached hydrogen (secondary N) is 1. The SMILES string of the molecule is O=S(=O)(NCc1ccc(Cn2cccn2)cc1)c1cccc(OC(F)(F)F)c1.